The molecule has 1 N–H and O–H groups in total. The lowest BCUT2D eigenvalue weighted by molar-refractivity contribution is 0.176. The first kappa shape index (κ1) is 14.9. The van der Waals surface area contributed by atoms with Crippen molar-refractivity contribution in [3.63, 3.8) is 0 Å². The van der Waals surface area contributed by atoms with E-state index < -0.39 is 0 Å². The Morgan fingerprint density at radius 3 is 2.95 bits per heavy atom. The summed E-state index contributed by atoms with van der Waals surface area (Å²) >= 11 is 0. The van der Waals surface area contributed by atoms with Crippen molar-refractivity contribution in [2.75, 3.05) is 32.8 Å². The van der Waals surface area contributed by atoms with E-state index in [0.717, 1.165) is 36.8 Å². The minimum absolute atomic E-state index is 0.743. The van der Waals surface area contributed by atoms with E-state index in [1.165, 1.54) is 37.2 Å². The molecule has 0 aromatic heterocycles. The molecule has 0 spiro atoms. The molecule has 2 aliphatic rings. The SMILES string of the molecule is CCC1C2CNCC2CN1CCOc1cc(C)ccc1C. The summed E-state index contributed by atoms with van der Waals surface area (Å²) in [5.41, 5.74) is 2.50. The fourth-order valence-corrected chi connectivity index (χ4v) is 4.06. The Labute approximate surface area is 128 Å². The van der Waals surface area contributed by atoms with E-state index in [-0.39, 0.29) is 0 Å². The van der Waals surface area contributed by atoms with Crippen molar-refractivity contribution in [2.24, 2.45) is 11.8 Å². The maximum Gasteiger partial charge on any atom is 0.122 e. The van der Waals surface area contributed by atoms with E-state index in [0.29, 0.717) is 0 Å². The van der Waals surface area contributed by atoms with Gasteiger partial charge in [0.25, 0.3) is 0 Å². The van der Waals surface area contributed by atoms with Gasteiger partial charge in [-0.1, -0.05) is 19.1 Å². The van der Waals surface area contributed by atoms with E-state index in [1.807, 2.05) is 0 Å². The summed E-state index contributed by atoms with van der Waals surface area (Å²) in [5, 5.41) is 3.55. The molecule has 1 aromatic rings. The van der Waals surface area contributed by atoms with E-state index in [4.69, 9.17) is 4.74 Å². The minimum Gasteiger partial charge on any atom is -0.492 e. The van der Waals surface area contributed by atoms with Gasteiger partial charge in [0.05, 0.1) is 0 Å². The Hall–Kier alpha value is -1.06. The summed E-state index contributed by atoms with van der Waals surface area (Å²) in [5.74, 6) is 2.76. The average molecular weight is 288 g/mol. The normalized spacial score (nSPS) is 28.8. The summed E-state index contributed by atoms with van der Waals surface area (Å²) in [4.78, 5) is 2.65. The molecule has 3 heteroatoms. The number of aryl methyl sites for hydroxylation is 2. The molecule has 0 radical (unpaired) electrons. The van der Waals surface area contributed by atoms with Crippen LogP contribution in [0.25, 0.3) is 0 Å². The standard InChI is InChI=1S/C18H28N2O/c1-4-17-16-11-19-10-15(16)12-20(17)7-8-21-18-9-13(2)5-6-14(18)3/h5-6,9,15-17,19H,4,7-8,10-12H2,1-3H3. The second-order valence-electron chi connectivity index (χ2n) is 6.67. The molecule has 0 aliphatic carbocycles. The molecular weight excluding hydrogens is 260 g/mol. The Morgan fingerprint density at radius 1 is 1.29 bits per heavy atom. The highest BCUT2D eigenvalue weighted by atomic mass is 16.5. The van der Waals surface area contributed by atoms with E-state index in [2.05, 4.69) is 49.2 Å². The molecule has 3 atom stereocenters. The zero-order chi connectivity index (χ0) is 14.8. The summed E-state index contributed by atoms with van der Waals surface area (Å²) in [6, 6.07) is 7.18. The van der Waals surface area contributed by atoms with Gasteiger partial charge in [-0.05, 0) is 62.4 Å². The van der Waals surface area contributed by atoms with Gasteiger partial charge in [0.15, 0.2) is 0 Å². The third-order valence-corrected chi connectivity index (χ3v) is 5.22. The van der Waals surface area contributed by atoms with E-state index >= 15 is 0 Å². The second-order valence-corrected chi connectivity index (χ2v) is 6.67. The predicted octanol–water partition coefficient (Wildman–Crippen LogP) is 2.61. The topological polar surface area (TPSA) is 24.5 Å². The van der Waals surface area contributed by atoms with Crippen LogP contribution in [-0.4, -0.2) is 43.7 Å². The van der Waals surface area contributed by atoms with Crippen molar-refractivity contribution in [3.05, 3.63) is 29.3 Å². The van der Waals surface area contributed by atoms with Crippen LogP contribution in [0.5, 0.6) is 5.75 Å². The number of hydrogen-bond acceptors (Lipinski definition) is 3. The molecular formula is C18H28N2O. The van der Waals surface area contributed by atoms with Crippen molar-refractivity contribution in [2.45, 2.75) is 33.2 Å². The number of hydrogen-bond donors (Lipinski definition) is 1. The molecule has 3 nitrogen and oxygen atoms in total. The zero-order valence-corrected chi connectivity index (χ0v) is 13.6. The lowest BCUT2D eigenvalue weighted by Crippen LogP contribution is -2.37. The van der Waals surface area contributed by atoms with E-state index in [9.17, 15) is 0 Å². The van der Waals surface area contributed by atoms with Crippen LogP contribution in [0.3, 0.4) is 0 Å². The van der Waals surface area contributed by atoms with Gasteiger partial charge >= 0.3 is 0 Å². The van der Waals surface area contributed by atoms with Crippen LogP contribution in [0.15, 0.2) is 18.2 Å². The Balaban J connectivity index is 1.54. The molecule has 2 heterocycles. The van der Waals surface area contributed by atoms with Crippen molar-refractivity contribution in [1.82, 2.24) is 10.2 Å². The first-order chi connectivity index (χ1) is 10.2. The molecule has 116 valence electrons. The maximum atomic E-state index is 6.04. The van der Waals surface area contributed by atoms with Crippen LogP contribution in [0.4, 0.5) is 0 Å². The summed E-state index contributed by atoms with van der Waals surface area (Å²) in [6.45, 7) is 12.1. The first-order valence-electron chi connectivity index (χ1n) is 8.34. The predicted molar refractivity (Wildman–Crippen MR) is 86.9 cm³/mol. The highest BCUT2D eigenvalue weighted by Crippen LogP contribution is 2.33. The molecule has 21 heavy (non-hydrogen) atoms. The molecule has 2 fully saturated rings. The average Bonchev–Trinajstić information content (AvgIpc) is 3.03. The van der Waals surface area contributed by atoms with Gasteiger partial charge in [-0.3, -0.25) is 4.90 Å². The number of fused-ring (bicyclic) bond motifs is 1. The molecule has 3 rings (SSSR count). The second kappa shape index (κ2) is 6.37. The van der Waals surface area contributed by atoms with Crippen molar-refractivity contribution in [3.8, 4) is 5.75 Å². The summed E-state index contributed by atoms with van der Waals surface area (Å²) in [6.07, 6.45) is 1.26. The third kappa shape index (κ3) is 3.09. The van der Waals surface area contributed by atoms with Gasteiger partial charge in [0.1, 0.15) is 12.4 Å². The number of nitrogens with zero attached hydrogens (tertiary/aromatic N) is 1. The van der Waals surface area contributed by atoms with Gasteiger partial charge in [0, 0.05) is 19.1 Å². The quantitative estimate of drug-likeness (QED) is 0.901. The van der Waals surface area contributed by atoms with Crippen molar-refractivity contribution in [1.29, 1.82) is 0 Å². The highest BCUT2D eigenvalue weighted by molar-refractivity contribution is 5.35. The zero-order valence-electron chi connectivity index (χ0n) is 13.6. The lowest BCUT2D eigenvalue weighted by atomic mass is 9.93. The number of rotatable bonds is 5. The van der Waals surface area contributed by atoms with E-state index in [1.54, 1.807) is 0 Å². The molecule has 3 unspecified atom stereocenters. The van der Waals surface area contributed by atoms with Crippen molar-refractivity contribution >= 4 is 0 Å². The third-order valence-electron chi connectivity index (χ3n) is 5.22. The maximum absolute atomic E-state index is 6.04. The molecule has 0 bridgehead atoms. The summed E-state index contributed by atoms with van der Waals surface area (Å²) < 4.78 is 6.04. The molecule has 0 amide bonds. The Bertz CT molecular complexity index is 488. The largest absolute Gasteiger partial charge is 0.492 e. The van der Waals surface area contributed by atoms with Crippen molar-refractivity contribution < 1.29 is 4.74 Å². The number of likely N-dealkylation sites (tertiary alicyclic amines) is 1. The van der Waals surface area contributed by atoms with Crippen LogP contribution >= 0.6 is 0 Å². The highest BCUT2D eigenvalue weighted by Gasteiger charge is 2.42. The Morgan fingerprint density at radius 2 is 2.14 bits per heavy atom. The van der Waals surface area contributed by atoms with Gasteiger partial charge < -0.3 is 10.1 Å². The number of benzene rings is 1. The molecule has 1 aromatic carbocycles. The fourth-order valence-electron chi connectivity index (χ4n) is 4.06. The van der Waals surface area contributed by atoms with Crippen LogP contribution in [0, 0.1) is 25.7 Å². The van der Waals surface area contributed by atoms with Gasteiger partial charge in [-0.25, -0.2) is 0 Å². The van der Waals surface area contributed by atoms with Gasteiger partial charge in [-0.15, -0.1) is 0 Å². The smallest absolute Gasteiger partial charge is 0.122 e. The van der Waals surface area contributed by atoms with Crippen LogP contribution in [0.1, 0.15) is 24.5 Å². The molecule has 0 saturated carbocycles. The molecule has 2 aliphatic heterocycles. The Kier molecular flexibility index (Phi) is 4.51. The monoisotopic (exact) mass is 288 g/mol. The van der Waals surface area contributed by atoms with Gasteiger partial charge in [0.2, 0.25) is 0 Å². The fraction of sp³-hybridized carbons (Fsp3) is 0.667. The summed E-state index contributed by atoms with van der Waals surface area (Å²) in [7, 11) is 0. The molecule has 2 saturated heterocycles. The lowest BCUT2D eigenvalue weighted by Gasteiger charge is -2.26. The number of ether oxygens (including phenoxy) is 1. The minimum atomic E-state index is 0.743. The van der Waals surface area contributed by atoms with Gasteiger partial charge in [-0.2, -0.15) is 0 Å². The first-order valence-corrected chi connectivity index (χ1v) is 8.34. The van der Waals surface area contributed by atoms with Crippen LogP contribution in [0.2, 0.25) is 0 Å². The number of nitrogens with one attached hydrogen (secondary N) is 1. The van der Waals surface area contributed by atoms with Crippen LogP contribution in [-0.2, 0) is 0 Å². The van der Waals surface area contributed by atoms with Crippen LogP contribution < -0.4 is 10.1 Å².